The summed E-state index contributed by atoms with van der Waals surface area (Å²) in [5.41, 5.74) is 1.69. The molecule has 3 N–H and O–H groups in total. The predicted octanol–water partition coefficient (Wildman–Crippen LogP) is 5.18. The second-order valence-corrected chi connectivity index (χ2v) is 8.60. The van der Waals surface area contributed by atoms with E-state index in [9.17, 15) is 14.0 Å². The molecule has 2 amide bonds. The lowest BCUT2D eigenvalue weighted by atomic mass is 10.0. The molecule has 0 aliphatic carbocycles. The molecule has 2 aromatic carbocycles. The van der Waals surface area contributed by atoms with E-state index >= 15 is 0 Å². The minimum Gasteiger partial charge on any atom is -0.356 e. The van der Waals surface area contributed by atoms with Gasteiger partial charge in [-0.25, -0.2) is 4.39 Å². The number of anilines is 1. The number of piperidine rings is 1. The highest BCUT2D eigenvalue weighted by Crippen LogP contribution is 2.08. The summed E-state index contributed by atoms with van der Waals surface area (Å²) in [4.78, 5) is 22.5. The van der Waals surface area contributed by atoms with Crippen LogP contribution < -0.4 is 16.0 Å². The molecule has 5 nitrogen and oxygen atoms in total. The fourth-order valence-electron chi connectivity index (χ4n) is 2.89. The van der Waals surface area contributed by atoms with E-state index in [2.05, 4.69) is 22.9 Å². The van der Waals surface area contributed by atoms with Gasteiger partial charge in [0.25, 0.3) is 0 Å². The Balaban J connectivity index is 0.000000260. The lowest BCUT2D eigenvalue weighted by molar-refractivity contribution is -0.120. The predicted molar refractivity (Wildman–Crippen MR) is 135 cm³/mol. The maximum absolute atomic E-state index is 12.5. The van der Waals surface area contributed by atoms with Gasteiger partial charge in [-0.15, -0.1) is 0 Å². The molecule has 6 heteroatoms. The van der Waals surface area contributed by atoms with Gasteiger partial charge in [0.15, 0.2) is 0 Å². The van der Waals surface area contributed by atoms with Gasteiger partial charge in [0, 0.05) is 18.2 Å². The molecule has 0 atom stereocenters. The molecule has 1 heterocycles. The van der Waals surface area contributed by atoms with Crippen LogP contribution in [0.2, 0.25) is 0 Å². The smallest absolute Gasteiger partial charge is 0.226 e. The largest absolute Gasteiger partial charge is 0.356 e. The lowest BCUT2D eigenvalue weighted by Gasteiger charge is -2.17. The van der Waals surface area contributed by atoms with E-state index in [1.165, 1.54) is 38.1 Å². The third-order valence-corrected chi connectivity index (χ3v) is 5.04. The fraction of sp³-hybridized carbons (Fsp3) is 0.481. The molecule has 1 fully saturated rings. The number of benzene rings is 2. The number of hydrogen-bond donors (Lipinski definition) is 3. The number of amides is 2. The lowest BCUT2D eigenvalue weighted by Crippen LogP contribution is -2.26. The normalized spacial score (nSPS) is 13.2. The molecule has 1 saturated heterocycles. The van der Waals surface area contributed by atoms with Crippen LogP contribution in [0, 0.1) is 17.7 Å². The molecule has 33 heavy (non-hydrogen) atoms. The summed E-state index contributed by atoms with van der Waals surface area (Å²) in [7, 11) is 0. The number of nitrogens with one attached hydrogen (secondary N) is 3. The van der Waals surface area contributed by atoms with Crippen molar-refractivity contribution in [3.63, 3.8) is 0 Å². The first-order valence-electron chi connectivity index (χ1n) is 11.9. The highest BCUT2D eigenvalue weighted by atomic mass is 19.1. The fourth-order valence-corrected chi connectivity index (χ4v) is 2.89. The summed E-state index contributed by atoms with van der Waals surface area (Å²) in [5, 5.41) is 8.88. The molecule has 182 valence electrons. The quantitative estimate of drug-likeness (QED) is 0.560. The molecule has 0 unspecified atom stereocenters. The van der Waals surface area contributed by atoms with Crippen molar-refractivity contribution < 1.29 is 14.0 Å². The van der Waals surface area contributed by atoms with E-state index in [1.807, 2.05) is 51.1 Å². The summed E-state index contributed by atoms with van der Waals surface area (Å²) in [6.45, 7) is 11.2. The number of hydrogen-bond acceptors (Lipinski definition) is 3. The molecule has 3 rings (SSSR count). The Morgan fingerprint density at radius 1 is 1.03 bits per heavy atom. The standard InChI is InChI=1S/C11H14FNO.C10H13NO.C6H13N/c1-2-7-13-11(14)8-9-3-5-10(12)6-4-9;1-8(2)10(12)11-9-6-4-3-5-7-9;1-6-2-4-7-5-3-6/h3-6H,2,7-8H2,1H3,(H,13,14);3-8H,1-2H3,(H,11,12);6-7H,2-5H2,1H3. The Labute approximate surface area is 198 Å². The summed E-state index contributed by atoms with van der Waals surface area (Å²) >= 11 is 0. The molecule has 1 aliphatic heterocycles. The van der Waals surface area contributed by atoms with Crippen molar-refractivity contribution in [3.05, 3.63) is 66.0 Å². The Kier molecular flexibility index (Phi) is 14.4. The minimum atomic E-state index is -0.275. The number of carbonyl (C=O) groups is 2. The average Bonchev–Trinajstić information content (AvgIpc) is 2.81. The van der Waals surface area contributed by atoms with Crippen LogP contribution in [0.1, 0.15) is 52.5 Å². The zero-order chi connectivity index (χ0) is 24.5. The van der Waals surface area contributed by atoms with E-state index in [4.69, 9.17) is 0 Å². The van der Waals surface area contributed by atoms with Gasteiger partial charge in [0.2, 0.25) is 11.8 Å². The van der Waals surface area contributed by atoms with Crippen LogP contribution in [0.5, 0.6) is 0 Å². The minimum absolute atomic E-state index is 0.0153. The SMILES string of the molecule is CC(C)C(=O)Nc1ccccc1.CC1CCNCC1.CCCNC(=O)Cc1ccc(F)cc1. The van der Waals surface area contributed by atoms with Crippen LogP contribution in [0.15, 0.2) is 54.6 Å². The van der Waals surface area contributed by atoms with E-state index in [-0.39, 0.29) is 23.5 Å². The maximum Gasteiger partial charge on any atom is 0.226 e. The Hall–Kier alpha value is -2.73. The zero-order valence-corrected chi connectivity index (χ0v) is 20.5. The molecule has 0 spiro atoms. The van der Waals surface area contributed by atoms with E-state index in [0.717, 1.165) is 23.6 Å². The third-order valence-electron chi connectivity index (χ3n) is 5.04. The number of para-hydroxylation sites is 1. The number of rotatable bonds is 6. The Morgan fingerprint density at radius 2 is 1.64 bits per heavy atom. The van der Waals surface area contributed by atoms with E-state index in [1.54, 1.807) is 12.1 Å². The van der Waals surface area contributed by atoms with Crippen molar-refractivity contribution >= 4 is 17.5 Å². The van der Waals surface area contributed by atoms with Crippen molar-refractivity contribution in [3.8, 4) is 0 Å². The first-order chi connectivity index (χ1) is 15.8. The molecule has 2 aromatic rings. The molecular formula is C27H40FN3O2. The van der Waals surface area contributed by atoms with Gasteiger partial charge < -0.3 is 16.0 Å². The average molecular weight is 458 g/mol. The molecular weight excluding hydrogens is 417 g/mol. The van der Waals surface area contributed by atoms with Crippen LogP contribution in [0.25, 0.3) is 0 Å². The van der Waals surface area contributed by atoms with Crippen molar-refractivity contribution in [1.82, 2.24) is 10.6 Å². The number of halogens is 1. The molecule has 0 saturated carbocycles. The van der Waals surface area contributed by atoms with Gasteiger partial charge in [-0.2, -0.15) is 0 Å². The van der Waals surface area contributed by atoms with Crippen molar-refractivity contribution in [2.24, 2.45) is 11.8 Å². The van der Waals surface area contributed by atoms with Gasteiger partial charge in [-0.3, -0.25) is 9.59 Å². The Bertz CT molecular complexity index is 789. The van der Waals surface area contributed by atoms with Crippen molar-refractivity contribution in [1.29, 1.82) is 0 Å². The monoisotopic (exact) mass is 457 g/mol. The second kappa shape index (κ2) is 16.8. The van der Waals surface area contributed by atoms with Gasteiger partial charge >= 0.3 is 0 Å². The van der Waals surface area contributed by atoms with Crippen molar-refractivity contribution in [2.45, 2.75) is 53.4 Å². The molecule has 0 radical (unpaired) electrons. The topological polar surface area (TPSA) is 70.2 Å². The van der Waals surface area contributed by atoms with Gasteiger partial charge in [-0.05, 0) is 68.1 Å². The zero-order valence-electron chi connectivity index (χ0n) is 20.5. The summed E-state index contributed by atoms with van der Waals surface area (Å²) in [6, 6.07) is 15.4. The highest BCUT2D eigenvalue weighted by Gasteiger charge is 2.06. The van der Waals surface area contributed by atoms with Crippen LogP contribution >= 0.6 is 0 Å². The summed E-state index contributed by atoms with van der Waals surface area (Å²) in [6.07, 6.45) is 4.00. The number of carbonyl (C=O) groups excluding carboxylic acids is 2. The van der Waals surface area contributed by atoms with Gasteiger partial charge in [0.05, 0.1) is 6.42 Å². The van der Waals surface area contributed by atoms with Crippen molar-refractivity contribution in [2.75, 3.05) is 25.0 Å². The van der Waals surface area contributed by atoms with Gasteiger partial charge in [0.1, 0.15) is 5.82 Å². The van der Waals surface area contributed by atoms with Crippen LogP contribution in [-0.2, 0) is 16.0 Å². The molecule has 0 bridgehead atoms. The first-order valence-corrected chi connectivity index (χ1v) is 11.9. The summed E-state index contributed by atoms with van der Waals surface area (Å²) < 4.78 is 12.5. The maximum atomic E-state index is 12.5. The van der Waals surface area contributed by atoms with Gasteiger partial charge in [-0.1, -0.05) is 58.0 Å². The Morgan fingerprint density at radius 3 is 2.12 bits per heavy atom. The molecule has 1 aliphatic rings. The second-order valence-electron chi connectivity index (χ2n) is 8.60. The van der Waals surface area contributed by atoms with E-state index in [0.29, 0.717) is 13.0 Å². The van der Waals surface area contributed by atoms with E-state index < -0.39 is 0 Å². The van der Waals surface area contributed by atoms with Crippen LogP contribution in [0.4, 0.5) is 10.1 Å². The van der Waals surface area contributed by atoms with Crippen LogP contribution in [-0.4, -0.2) is 31.4 Å². The van der Waals surface area contributed by atoms with Crippen LogP contribution in [0.3, 0.4) is 0 Å². The highest BCUT2D eigenvalue weighted by molar-refractivity contribution is 5.91. The third kappa shape index (κ3) is 14.1. The molecule has 0 aromatic heterocycles. The first kappa shape index (κ1) is 28.3. The summed E-state index contributed by atoms with van der Waals surface area (Å²) in [5.74, 6) is 0.772.